The Morgan fingerprint density at radius 1 is 1.04 bits per heavy atom. The molecule has 1 N–H and O–H groups in total. The summed E-state index contributed by atoms with van der Waals surface area (Å²) in [6.45, 7) is 5.36. The largest absolute Gasteiger partial charge is 0.494 e. The highest BCUT2D eigenvalue weighted by molar-refractivity contribution is 7.07. The molecule has 136 valence electrons. The van der Waals surface area contributed by atoms with E-state index in [1.54, 1.807) is 11.3 Å². The zero-order valence-corrected chi connectivity index (χ0v) is 16.0. The maximum Gasteiger partial charge on any atom is 0.190 e. The fourth-order valence-electron chi connectivity index (χ4n) is 2.77. The highest BCUT2D eigenvalue weighted by atomic mass is 32.1. The van der Waals surface area contributed by atoms with Crippen LogP contribution in [0.15, 0.2) is 58.9 Å². The smallest absolute Gasteiger partial charge is 0.190 e. The van der Waals surface area contributed by atoms with Gasteiger partial charge in [-0.3, -0.25) is 0 Å². The standard InChI is InChI=1S/C21H24N2O2S/c1-3-16-5-9-18(10-6-16)22-21-23(13-14-24)20(15-26-21)17-7-11-19(12-8-17)25-4-2/h5-12,15,24H,3-4,13-14H2,1-2H3. The van der Waals surface area contributed by atoms with Gasteiger partial charge < -0.3 is 14.4 Å². The molecule has 0 aliphatic rings. The average molecular weight is 369 g/mol. The maximum atomic E-state index is 9.50. The summed E-state index contributed by atoms with van der Waals surface area (Å²) in [5.41, 5.74) is 4.36. The van der Waals surface area contributed by atoms with Gasteiger partial charge >= 0.3 is 0 Å². The zero-order valence-electron chi connectivity index (χ0n) is 15.2. The molecule has 0 spiro atoms. The molecule has 0 aliphatic heterocycles. The number of aromatic nitrogens is 1. The summed E-state index contributed by atoms with van der Waals surface area (Å²) < 4.78 is 7.58. The molecule has 1 heterocycles. The van der Waals surface area contributed by atoms with Crippen LogP contribution >= 0.6 is 11.3 Å². The van der Waals surface area contributed by atoms with Gasteiger partial charge in [0.2, 0.25) is 0 Å². The van der Waals surface area contributed by atoms with E-state index in [4.69, 9.17) is 9.73 Å². The molecule has 0 aliphatic carbocycles. The molecule has 3 aromatic rings. The summed E-state index contributed by atoms with van der Waals surface area (Å²) in [6.07, 6.45) is 1.02. The summed E-state index contributed by atoms with van der Waals surface area (Å²) in [5, 5.41) is 11.6. The van der Waals surface area contributed by atoms with E-state index in [1.807, 2.05) is 43.3 Å². The normalized spacial score (nSPS) is 11.7. The minimum absolute atomic E-state index is 0.0721. The molecule has 0 saturated heterocycles. The lowest BCUT2D eigenvalue weighted by atomic mass is 10.1. The molecule has 1 aromatic heterocycles. The fourth-order valence-corrected chi connectivity index (χ4v) is 3.73. The Morgan fingerprint density at radius 3 is 2.38 bits per heavy atom. The third kappa shape index (κ3) is 4.23. The highest BCUT2D eigenvalue weighted by Gasteiger charge is 2.08. The molecule has 4 nitrogen and oxygen atoms in total. The number of thiazole rings is 1. The van der Waals surface area contributed by atoms with E-state index in [0.29, 0.717) is 13.2 Å². The first-order valence-electron chi connectivity index (χ1n) is 8.91. The van der Waals surface area contributed by atoms with Crippen molar-refractivity contribution in [2.75, 3.05) is 13.2 Å². The third-order valence-corrected chi connectivity index (χ3v) is 5.02. The van der Waals surface area contributed by atoms with Crippen molar-refractivity contribution >= 4 is 17.0 Å². The molecule has 0 amide bonds. The first kappa shape index (κ1) is 18.4. The van der Waals surface area contributed by atoms with Gasteiger partial charge in [0.1, 0.15) is 5.75 Å². The Morgan fingerprint density at radius 2 is 1.77 bits per heavy atom. The van der Waals surface area contributed by atoms with Crippen LogP contribution < -0.4 is 9.54 Å². The Hall–Kier alpha value is -2.37. The quantitative estimate of drug-likeness (QED) is 0.672. The topological polar surface area (TPSA) is 46.8 Å². The molecule has 0 atom stereocenters. The molecule has 5 heteroatoms. The van der Waals surface area contributed by atoms with Crippen LogP contribution in [0, 0.1) is 0 Å². The lowest BCUT2D eigenvalue weighted by Gasteiger charge is -2.09. The number of hydrogen-bond donors (Lipinski definition) is 1. The molecule has 26 heavy (non-hydrogen) atoms. The summed E-state index contributed by atoms with van der Waals surface area (Å²) in [5.74, 6) is 0.862. The van der Waals surface area contributed by atoms with Crippen LogP contribution in [0.25, 0.3) is 11.3 Å². The van der Waals surface area contributed by atoms with Crippen LogP contribution in [0.4, 0.5) is 5.69 Å². The van der Waals surface area contributed by atoms with E-state index >= 15 is 0 Å². The number of nitrogens with zero attached hydrogens (tertiary/aromatic N) is 2. The van der Waals surface area contributed by atoms with Gasteiger partial charge in [0.25, 0.3) is 0 Å². The number of benzene rings is 2. The number of ether oxygens (including phenoxy) is 1. The van der Waals surface area contributed by atoms with Crippen molar-refractivity contribution in [2.24, 2.45) is 4.99 Å². The predicted molar refractivity (Wildman–Crippen MR) is 107 cm³/mol. The molecule has 0 saturated carbocycles. The minimum atomic E-state index is 0.0721. The van der Waals surface area contributed by atoms with E-state index in [1.165, 1.54) is 5.56 Å². The number of rotatable bonds is 7. The van der Waals surface area contributed by atoms with Gasteiger partial charge in [-0.15, -0.1) is 11.3 Å². The van der Waals surface area contributed by atoms with E-state index in [2.05, 4.69) is 29.0 Å². The van der Waals surface area contributed by atoms with Gasteiger partial charge in [-0.05, 0) is 60.9 Å². The van der Waals surface area contributed by atoms with E-state index in [0.717, 1.165) is 33.9 Å². The van der Waals surface area contributed by atoms with Crippen molar-refractivity contribution in [3.63, 3.8) is 0 Å². The molecule has 0 radical (unpaired) electrons. The van der Waals surface area contributed by atoms with E-state index in [9.17, 15) is 5.11 Å². The molecule has 0 unspecified atom stereocenters. The van der Waals surface area contributed by atoms with Crippen LogP contribution in [0.1, 0.15) is 19.4 Å². The molecule has 2 aromatic carbocycles. The van der Waals surface area contributed by atoms with E-state index in [-0.39, 0.29) is 6.61 Å². The van der Waals surface area contributed by atoms with Crippen molar-refractivity contribution < 1.29 is 9.84 Å². The molecular formula is C21H24N2O2S. The molecule has 3 rings (SSSR count). The summed E-state index contributed by atoms with van der Waals surface area (Å²) >= 11 is 1.58. The van der Waals surface area contributed by atoms with Gasteiger partial charge in [0, 0.05) is 11.9 Å². The Bertz CT molecular complexity index is 893. The molecule has 0 fully saturated rings. The highest BCUT2D eigenvalue weighted by Crippen LogP contribution is 2.23. The second-order valence-electron chi connectivity index (χ2n) is 5.87. The minimum Gasteiger partial charge on any atom is -0.494 e. The van der Waals surface area contributed by atoms with Crippen LogP contribution in [0.5, 0.6) is 5.75 Å². The first-order valence-corrected chi connectivity index (χ1v) is 9.79. The molecular weight excluding hydrogens is 344 g/mol. The van der Waals surface area contributed by atoms with Crippen molar-refractivity contribution in [1.29, 1.82) is 0 Å². The van der Waals surface area contributed by atoms with Crippen LogP contribution in [0.2, 0.25) is 0 Å². The van der Waals surface area contributed by atoms with Gasteiger partial charge in [0.05, 0.1) is 24.6 Å². The number of aliphatic hydroxyl groups is 1. The Balaban J connectivity index is 1.98. The van der Waals surface area contributed by atoms with Crippen LogP contribution in [-0.2, 0) is 13.0 Å². The molecule has 0 bridgehead atoms. The van der Waals surface area contributed by atoms with Crippen LogP contribution in [0.3, 0.4) is 0 Å². The fraction of sp³-hybridized carbons (Fsp3) is 0.286. The van der Waals surface area contributed by atoms with Crippen LogP contribution in [-0.4, -0.2) is 22.9 Å². The summed E-state index contributed by atoms with van der Waals surface area (Å²) in [4.78, 5) is 5.66. The monoisotopic (exact) mass is 368 g/mol. The number of aryl methyl sites for hydroxylation is 1. The lowest BCUT2D eigenvalue weighted by Crippen LogP contribution is -2.17. The number of hydrogen-bond acceptors (Lipinski definition) is 4. The second-order valence-corrected chi connectivity index (χ2v) is 6.70. The zero-order chi connectivity index (χ0) is 18.4. The summed E-state index contributed by atoms with van der Waals surface area (Å²) in [7, 11) is 0. The average Bonchev–Trinajstić information content (AvgIpc) is 3.06. The Kier molecular flexibility index (Phi) is 6.26. The second kappa shape index (κ2) is 8.83. The third-order valence-electron chi connectivity index (χ3n) is 4.15. The van der Waals surface area contributed by atoms with Gasteiger partial charge in [-0.2, -0.15) is 0 Å². The van der Waals surface area contributed by atoms with Gasteiger partial charge in [-0.1, -0.05) is 19.1 Å². The van der Waals surface area contributed by atoms with Crippen molar-refractivity contribution in [3.8, 4) is 17.0 Å². The Labute approximate surface area is 158 Å². The van der Waals surface area contributed by atoms with Gasteiger partial charge in [-0.25, -0.2) is 4.99 Å². The summed E-state index contributed by atoms with van der Waals surface area (Å²) in [6, 6.07) is 16.3. The van der Waals surface area contributed by atoms with Crippen molar-refractivity contribution in [2.45, 2.75) is 26.8 Å². The van der Waals surface area contributed by atoms with Crippen molar-refractivity contribution in [3.05, 3.63) is 64.3 Å². The maximum absolute atomic E-state index is 9.50. The SMILES string of the molecule is CCOc1ccc(-c2csc(=Nc3ccc(CC)cc3)n2CCO)cc1. The number of aliphatic hydroxyl groups excluding tert-OH is 1. The van der Waals surface area contributed by atoms with Gasteiger partial charge in [0.15, 0.2) is 4.80 Å². The van der Waals surface area contributed by atoms with E-state index < -0.39 is 0 Å². The van der Waals surface area contributed by atoms with Crippen molar-refractivity contribution in [1.82, 2.24) is 4.57 Å². The lowest BCUT2D eigenvalue weighted by molar-refractivity contribution is 0.275. The predicted octanol–water partition coefficient (Wildman–Crippen LogP) is 4.40. The first-order chi connectivity index (χ1) is 12.7.